The molecule has 0 bridgehead atoms. The van der Waals surface area contributed by atoms with Gasteiger partial charge in [0.2, 0.25) is 5.76 Å². The molecule has 1 unspecified atom stereocenters. The number of morpholine rings is 1. The van der Waals surface area contributed by atoms with Crippen LogP contribution in [0.3, 0.4) is 0 Å². The van der Waals surface area contributed by atoms with E-state index < -0.39 is 6.04 Å². The predicted molar refractivity (Wildman–Crippen MR) is 153 cm³/mol. The van der Waals surface area contributed by atoms with E-state index in [9.17, 15) is 9.59 Å². The Bertz CT molecular complexity index is 1380. The molecule has 5 rings (SSSR count). The van der Waals surface area contributed by atoms with E-state index in [1.165, 1.54) is 0 Å². The molecule has 3 aromatic rings. The summed E-state index contributed by atoms with van der Waals surface area (Å²) in [7, 11) is 1.60. The van der Waals surface area contributed by atoms with E-state index in [4.69, 9.17) is 18.6 Å². The molecule has 2 aliphatic heterocycles. The molecule has 39 heavy (non-hydrogen) atoms. The van der Waals surface area contributed by atoms with Crippen molar-refractivity contribution in [3.05, 3.63) is 68.0 Å². The molecule has 1 amide bonds. The maximum Gasteiger partial charge on any atom is 0.290 e. The highest BCUT2D eigenvalue weighted by Crippen LogP contribution is 2.41. The second kappa shape index (κ2) is 12.5. The largest absolute Gasteiger partial charge is 0.493 e. The topological polar surface area (TPSA) is 81.5 Å². The molecule has 3 heterocycles. The van der Waals surface area contributed by atoms with E-state index in [0.717, 1.165) is 68.6 Å². The lowest BCUT2D eigenvalue weighted by molar-refractivity contribution is 0.0353. The number of amides is 1. The number of methoxy groups -OCH3 is 1. The third kappa shape index (κ3) is 5.85. The molecular formula is C30H35BrN2O6. The molecule has 2 aromatic carbocycles. The molecule has 2 aliphatic rings. The molecule has 0 radical (unpaired) electrons. The molecule has 0 N–H and O–H groups in total. The fourth-order valence-corrected chi connectivity index (χ4v) is 5.73. The fourth-order valence-electron chi connectivity index (χ4n) is 5.37. The molecule has 208 valence electrons. The van der Waals surface area contributed by atoms with Gasteiger partial charge in [-0.25, -0.2) is 0 Å². The summed E-state index contributed by atoms with van der Waals surface area (Å²) in [6.07, 6.45) is 3.95. The second-order valence-electron chi connectivity index (χ2n) is 9.99. The number of hydrogen-bond donors (Lipinski definition) is 0. The van der Waals surface area contributed by atoms with Crippen LogP contribution in [0.2, 0.25) is 0 Å². The van der Waals surface area contributed by atoms with Gasteiger partial charge in [-0.15, -0.1) is 0 Å². The number of hydrogen-bond acceptors (Lipinski definition) is 7. The average Bonchev–Trinajstić information content (AvgIpc) is 3.23. The second-order valence-corrected chi connectivity index (χ2v) is 10.9. The molecule has 1 saturated heterocycles. The van der Waals surface area contributed by atoms with Gasteiger partial charge in [0.1, 0.15) is 5.58 Å². The Balaban J connectivity index is 1.50. The summed E-state index contributed by atoms with van der Waals surface area (Å²) in [4.78, 5) is 31.7. The molecule has 1 fully saturated rings. The van der Waals surface area contributed by atoms with Crippen LogP contribution < -0.4 is 14.9 Å². The lowest BCUT2D eigenvalue weighted by Crippen LogP contribution is -2.38. The number of unbranched alkanes of at least 4 members (excludes halogenated alkanes) is 2. The van der Waals surface area contributed by atoms with Crippen molar-refractivity contribution in [3.63, 3.8) is 0 Å². The monoisotopic (exact) mass is 598 g/mol. The highest BCUT2D eigenvalue weighted by Gasteiger charge is 2.42. The molecule has 1 atom stereocenters. The van der Waals surface area contributed by atoms with Crippen molar-refractivity contribution in [1.29, 1.82) is 0 Å². The number of carbonyl (C=O) groups is 1. The van der Waals surface area contributed by atoms with E-state index in [1.807, 2.05) is 18.2 Å². The third-order valence-electron chi connectivity index (χ3n) is 7.41. The van der Waals surface area contributed by atoms with Crippen molar-refractivity contribution < 1.29 is 23.4 Å². The molecule has 0 saturated carbocycles. The number of ether oxygens (including phenoxy) is 3. The standard InChI is InChI=1S/C30H35BrN2O6/c1-3-4-5-15-38-24-9-7-20(18-25(24)36-2)27-26-28(34)22-19-21(31)8-10-23(22)39-29(26)30(35)33(27)12-6-11-32-13-16-37-17-14-32/h7-10,18-19,27H,3-6,11-17H2,1-2H3. The summed E-state index contributed by atoms with van der Waals surface area (Å²) in [6, 6.07) is 10.4. The van der Waals surface area contributed by atoms with Gasteiger partial charge in [0.15, 0.2) is 16.9 Å². The number of halogens is 1. The van der Waals surface area contributed by atoms with E-state index in [0.29, 0.717) is 41.2 Å². The van der Waals surface area contributed by atoms with E-state index in [2.05, 4.69) is 27.8 Å². The van der Waals surface area contributed by atoms with Crippen molar-refractivity contribution in [2.24, 2.45) is 0 Å². The van der Waals surface area contributed by atoms with Crippen molar-refractivity contribution in [3.8, 4) is 11.5 Å². The highest BCUT2D eigenvalue weighted by molar-refractivity contribution is 9.10. The van der Waals surface area contributed by atoms with Gasteiger partial charge in [0.05, 0.1) is 43.9 Å². The Morgan fingerprint density at radius 2 is 1.82 bits per heavy atom. The normalized spacial score (nSPS) is 17.6. The zero-order valence-electron chi connectivity index (χ0n) is 22.5. The van der Waals surface area contributed by atoms with Crippen LogP contribution in [0.1, 0.15) is 60.3 Å². The number of nitrogens with zero attached hydrogens (tertiary/aromatic N) is 2. The molecule has 8 nitrogen and oxygen atoms in total. The van der Waals surface area contributed by atoms with Crippen LogP contribution >= 0.6 is 15.9 Å². The van der Waals surface area contributed by atoms with Crippen molar-refractivity contribution >= 4 is 32.8 Å². The van der Waals surface area contributed by atoms with Crippen molar-refractivity contribution in [2.45, 2.75) is 38.6 Å². The molecule has 0 aliphatic carbocycles. The smallest absolute Gasteiger partial charge is 0.290 e. The maximum absolute atomic E-state index is 13.9. The summed E-state index contributed by atoms with van der Waals surface area (Å²) >= 11 is 3.46. The summed E-state index contributed by atoms with van der Waals surface area (Å²) in [5.41, 5.74) is 1.36. The first-order valence-electron chi connectivity index (χ1n) is 13.7. The molecule has 9 heteroatoms. The van der Waals surface area contributed by atoms with Crippen LogP contribution in [0.25, 0.3) is 11.0 Å². The van der Waals surface area contributed by atoms with Crippen LogP contribution in [0, 0.1) is 0 Å². The Morgan fingerprint density at radius 1 is 1.00 bits per heavy atom. The Morgan fingerprint density at radius 3 is 2.59 bits per heavy atom. The fraction of sp³-hybridized carbons (Fsp3) is 0.467. The Hall–Kier alpha value is -2.88. The van der Waals surface area contributed by atoms with Gasteiger partial charge in [0, 0.05) is 30.7 Å². The quantitative estimate of drug-likeness (QED) is 0.273. The van der Waals surface area contributed by atoms with Gasteiger partial charge in [-0.2, -0.15) is 0 Å². The number of carbonyl (C=O) groups excluding carboxylic acids is 1. The highest BCUT2D eigenvalue weighted by atomic mass is 79.9. The van der Waals surface area contributed by atoms with Gasteiger partial charge >= 0.3 is 0 Å². The summed E-state index contributed by atoms with van der Waals surface area (Å²) in [6.45, 7) is 7.31. The van der Waals surface area contributed by atoms with Crippen LogP contribution in [0.5, 0.6) is 11.5 Å². The molecular weight excluding hydrogens is 564 g/mol. The van der Waals surface area contributed by atoms with Crippen molar-refractivity contribution in [1.82, 2.24) is 9.80 Å². The lowest BCUT2D eigenvalue weighted by Gasteiger charge is -2.29. The Labute approximate surface area is 236 Å². The van der Waals surface area contributed by atoms with Gasteiger partial charge in [-0.05, 0) is 48.7 Å². The summed E-state index contributed by atoms with van der Waals surface area (Å²) < 4.78 is 24.0. The van der Waals surface area contributed by atoms with Crippen LogP contribution in [-0.2, 0) is 4.74 Å². The number of rotatable bonds is 11. The minimum absolute atomic E-state index is 0.116. The van der Waals surface area contributed by atoms with Gasteiger partial charge < -0.3 is 23.5 Å². The maximum atomic E-state index is 13.9. The SMILES string of the molecule is CCCCCOc1ccc(C2c3c(oc4ccc(Br)cc4c3=O)C(=O)N2CCCN2CCOCC2)cc1OC. The zero-order chi connectivity index (χ0) is 27.4. The Kier molecular flexibility index (Phi) is 8.89. The summed E-state index contributed by atoms with van der Waals surface area (Å²) in [5, 5.41) is 0.443. The lowest BCUT2D eigenvalue weighted by atomic mass is 9.98. The molecule has 1 aromatic heterocycles. The minimum Gasteiger partial charge on any atom is -0.493 e. The van der Waals surface area contributed by atoms with E-state index in [1.54, 1.807) is 30.2 Å². The predicted octanol–water partition coefficient (Wildman–Crippen LogP) is 5.40. The molecule has 0 spiro atoms. The first-order valence-corrected chi connectivity index (χ1v) is 14.5. The van der Waals surface area contributed by atoms with Gasteiger partial charge in [-0.1, -0.05) is 41.8 Å². The first-order chi connectivity index (χ1) is 19.0. The van der Waals surface area contributed by atoms with Crippen molar-refractivity contribution in [2.75, 3.05) is 53.1 Å². The summed E-state index contributed by atoms with van der Waals surface area (Å²) in [5.74, 6) is 1.07. The van der Waals surface area contributed by atoms with Crippen LogP contribution in [0.15, 0.2) is 50.1 Å². The van der Waals surface area contributed by atoms with Gasteiger partial charge in [0.25, 0.3) is 5.91 Å². The minimum atomic E-state index is -0.583. The first kappa shape index (κ1) is 27.7. The number of benzene rings is 2. The zero-order valence-corrected chi connectivity index (χ0v) is 24.1. The third-order valence-corrected chi connectivity index (χ3v) is 7.91. The van der Waals surface area contributed by atoms with E-state index in [-0.39, 0.29) is 17.1 Å². The van der Waals surface area contributed by atoms with Crippen LogP contribution in [0.4, 0.5) is 0 Å². The van der Waals surface area contributed by atoms with Gasteiger partial charge in [-0.3, -0.25) is 14.5 Å². The number of fused-ring (bicyclic) bond motifs is 2. The van der Waals surface area contributed by atoms with Crippen LogP contribution in [-0.4, -0.2) is 68.8 Å². The van der Waals surface area contributed by atoms with E-state index >= 15 is 0 Å². The average molecular weight is 600 g/mol.